The minimum absolute atomic E-state index is 0.00918. The molecule has 0 aliphatic heterocycles. The van der Waals surface area contributed by atoms with Gasteiger partial charge in [-0.15, -0.1) is 11.8 Å². The molecule has 0 spiro atoms. The van der Waals surface area contributed by atoms with Crippen LogP contribution in [0.25, 0.3) is 5.69 Å². The third kappa shape index (κ3) is 2.77. The zero-order chi connectivity index (χ0) is 12.8. The number of nitrogens with zero attached hydrogens (tertiary/aromatic N) is 2. The van der Waals surface area contributed by atoms with E-state index in [9.17, 15) is 0 Å². The SMILES string of the molecule is CC#CCC(NN)c1cnn(-c2ccccc2)c1. The van der Waals surface area contributed by atoms with Crippen molar-refractivity contribution in [2.24, 2.45) is 5.84 Å². The number of hydrogen-bond donors (Lipinski definition) is 2. The van der Waals surface area contributed by atoms with Crippen molar-refractivity contribution in [1.82, 2.24) is 15.2 Å². The Kier molecular flexibility index (Phi) is 4.13. The summed E-state index contributed by atoms with van der Waals surface area (Å²) in [6.07, 6.45) is 4.46. The molecule has 1 atom stereocenters. The molecule has 1 aromatic carbocycles. The first kappa shape index (κ1) is 12.4. The Labute approximate surface area is 107 Å². The summed E-state index contributed by atoms with van der Waals surface area (Å²) in [5, 5.41) is 4.34. The Bertz CT molecular complexity index is 548. The molecule has 0 radical (unpaired) electrons. The number of hydrazine groups is 1. The summed E-state index contributed by atoms with van der Waals surface area (Å²) in [5.41, 5.74) is 4.82. The van der Waals surface area contributed by atoms with Crippen molar-refractivity contribution in [2.45, 2.75) is 19.4 Å². The molecule has 4 nitrogen and oxygen atoms in total. The Morgan fingerprint density at radius 2 is 2.17 bits per heavy atom. The summed E-state index contributed by atoms with van der Waals surface area (Å²) in [6.45, 7) is 1.82. The predicted octanol–water partition coefficient (Wildman–Crippen LogP) is 1.79. The average Bonchev–Trinajstić information content (AvgIpc) is 2.90. The van der Waals surface area contributed by atoms with Crippen LogP contribution < -0.4 is 11.3 Å². The quantitative estimate of drug-likeness (QED) is 0.486. The van der Waals surface area contributed by atoms with Gasteiger partial charge in [0.1, 0.15) is 0 Å². The van der Waals surface area contributed by atoms with Gasteiger partial charge in [0.05, 0.1) is 17.9 Å². The first-order valence-electron chi connectivity index (χ1n) is 5.81. The van der Waals surface area contributed by atoms with Gasteiger partial charge in [0.25, 0.3) is 0 Å². The molecule has 4 heteroatoms. The minimum Gasteiger partial charge on any atom is -0.271 e. The van der Waals surface area contributed by atoms with E-state index < -0.39 is 0 Å². The van der Waals surface area contributed by atoms with Gasteiger partial charge in [-0.2, -0.15) is 5.10 Å². The van der Waals surface area contributed by atoms with Gasteiger partial charge in [-0.05, 0) is 19.1 Å². The molecule has 2 aromatic rings. The van der Waals surface area contributed by atoms with E-state index in [2.05, 4.69) is 22.4 Å². The second kappa shape index (κ2) is 6.01. The number of aromatic nitrogens is 2. The highest BCUT2D eigenvalue weighted by Gasteiger charge is 2.10. The van der Waals surface area contributed by atoms with Gasteiger partial charge in [0, 0.05) is 18.2 Å². The molecule has 0 amide bonds. The molecule has 0 aliphatic rings. The number of hydrogen-bond acceptors (Lipinski definition) is 3. The van der Waals surface area contributed by atoms with Crippen LogP contribution in [0, 0.1) is 11.8 Å². The Balaban J connectivity index is 2.21. The number of para-hydroxylation sites is 1. The van der Waals surface area contributed by atoms with Crippen LogP contribution in [-0.4, -0.2) is 9.78 Å². The van der Waals surface area contributed by atoms with E-state index in [0.717, 1.165) is 11.3 Å². The van der Waals surface area contributed by atoms with Crippen LogP contribution in [0.3, 0.4) is 0 Å². The van der Waals surface area contributed by atoms with E-state index in [4.69, 9.17) is 5.84 Å². The Morgan fingerprint density at radius 3 is 2.83 bits per heavy atom. The van der Waals surface area contributed by atoms with Gasteiger partial charge in [-0.3, -0.25) is 11.3 Å². The molecule has 0 fully saturated rings. The van der Waals surface area contributed by atoms with E-state index in [1.165, 1.54) is 0 Å². The van der Waals surface area contributed by atoms with Crippen molar-refractivity contribution >= 4 is 0 Å². The third-order valence-corrected chi connectivity index (χ3v) is 2.71. The van der Waals surface area contributed by atoms with Crippen LogP contribution in [0.2, 0.25) is 0 Å². The zero-order valence-electron chi connectivity index (χ0n) is 10.3. The van der Waals surface area contributed by atoms with Gasteiger partial charge in [-0.25, -0.2) is 4.68 Å². The van der Waals surface area contributed by atoms with Crippen molar-refractivity contribution in [1.29, 1.82) is 0 Å². The molecular formula is C14H16N4. The standard InChI is InChI=1S/C14H16N4/c1-2-3-9-14(17-15)12-10-16-18(11-12)13-7-5-4-6-8-13/h4-8,10-11,14,17H,9,15H2,1H3. The third-order valence-electron chi connectivity index (χ3n) is 2.71. The van der Waals surface area contributed by atoms with E-state index in [-0.39, 0.29) is 6.04 Å². The van der Waals surface area contributed by atoms with Crippen molar-refractivity contribution < 1.29 is 0 Å². The maximum Gasteiger partial charge on any atom is 0.0645 e. The van der Waals surface area contributed by atoms with E-state index in [1.54, 1.807) is 0 Å². The molecular weight excluding hydrogens is 224 g/mol. The Morgan fingerprint density at radius 1 is 1.39 bits per heavy atom. The molecule has 2 rings (SSSR count). The number of benzene rings is 1. The molecule has 0 saturated heterocycles. The smallest absolute Gasteiger partial charge is 0.0645 e. The first-order valence-corrected chi connectivity index (χ1v) is 5.81. The Hall–Kier alpha value is -2.09. The second-order valence-electron chi connectivity index (χ2n) is 3.90. The average molecular weight is 240 g/mol. The summed E-state index contributed by atoms with van der Waals surface area (Å²) in [4.78, 5) is 0. The zero-order valence-corrected chi connectivity index (χ0v) is 10.3. The van der Waals surface area contributed by atoms with Crippen molar-refractivity contribution in [3.8, 4) is 17.5 Å². The fourth-order valence-corrected chi connectivity index (χ4v) is 1.72. The molecule has 1 unspecified atom stereocenters. The van der Waals surface area contributed by atoms with Crippen molar-refractivity contribution in [3.05, 3.63) is 48.3 Å². The highest BCUT2D eigenvalue weighted by Crippen LogP contribution is 2.16. The van der Waals surface area contributed by atoms with Gasteiger partial charge >= 0.3 is 0 Å². The van der Waals surface area contributed by atoms with Crippen LogP contribution >= 0.6 is 0 Å². The fraction of sp³-hybridized carbons (Fsp3) is 0.214. The predicted molar refractivity (Wildman–Crippen MR) is 71.7 cm³/mol. The van der Waals surface area contributed by atoms with Crippen LogP contribution in [0.1, 0.15) is 24.9 Å². The molecule has 0 aliphatic carbocycles. The summed E-state index contributed by atoms with van der Waals surface area (Å²) < 4.78 is 1.83. The van der Waals surface area contributed by atoms with Crippen LogP contribution in [-0.2, 0) is 0 Å². The summed E-state index contributed by atoms with van der Waals surface area (Å²) in [6, 6.07) is 9.97. The largest absolute Gasteiger partial charge is 0.271 e. The highest BCUT2D eigenvalue weighted by atomic mass is 15.3. The molecule has 0 saturated carbocycles. The maximum atomic E-state index is 5.54. The number of nitrogens with one attached hydrogen (secondary N) is 1. The van der Waals surface area contributed by atoms with Crippen LogP contribution in [0.15, 0.2) is 42.7 Å². The lowest BCUT2D eigenvalue weighted by Crippen LogP contribution is -2.27. The maximum absolute atomic E-state index is 5.54. The van der Waals surface area contributed by atoms with Gasteiger partial charge in [0.2, 0.25) is 0 Å². The van der Waals surface area contributed by atoms with Gasteiger partial charge in [-0.1, -0.05) is 18.2 Å². The summed E-state index contributed by atoms with van der Waals surface area (Å²) >= 11 is 0. The van der Waals surface area contributed by atoms with Gasteiger partial charge < -0.3 is 0 Å². The van der Waals surface area contributed by atoms with E-state index >= 15 is 0 Å². The summed E-state index contributed by atoms with van der Waals surface area (Å²) in [7, 11) is 0. The van der Waals surface area contributed by atoms with Crippen molar-refractivity contribution in [2.75, 3.05) is 0 Å². The monoisotopic (exact) mass is 240 g/mol. The molecule has 92 valence electrons. The topological polar surface area (TPSA) is 55.9 Å². The normalized spacial score (nSPS) is 11.7. The van der Waals surface area contributed by atoms with Crippen LogP contribution in [0.5, 0.6) is 0 Å². The number of rotatable bonds is 4. The molecule has 0 bridgehead atoms. The molecule has 18 heavy (non-hydrogen) atoms. The van der Waals surface area contributed by atoms with Gasteiger partial charge in [0.15, 0.2) is 0 Å². The van der Waals surface area contributed by atoms with E-state index in [0.29, 0.717) is 6.42 Å². The summed E-state index contributed by atoms with van der Waals surface area (Å²) in [5.74, 6) is 11.4. The molecule has 3 N–H and O–H groups in total. The second-order valence-corrected chi connectivity index (χ2v) is 3.90. The molecule has 1 aromatic heterocycles. The molecule has 1 heterocycles. The minimum atomic E-state index is 0.00918. The lowest BCUT2D eigenvalue weighted by molar-refractivity contribution is 0.568. The highest BCUT2D eigenvalue weighted by molar-refractivity contribution is 5.31. The first-order chi connectivity index (χ1) is 8.85. The lowest BCUT2D eigenvalue weighted by Gasteiger charge is -2.09. The fourth-order valence-electron chi connectivity index (χ4n) is 1.72. The van der Waals surface area contributed by atoms with Crippen molar-refractivity contribution in [3.63, 3.8) is 0 Å². The van der Waals surface area contributed by atoms with Crippen LogP contribution in [0.4, 0.5) is 0 Å². The van der Waals surface area contributed by atoms with E-state index in [1.807, 2.05) is 54.3 Å². The number of nitrogens with two attached hydrogens (primary N) is 1. The lowest BCUT2D eigenvalue weighted by atomic mass is 10.1.